The molecule has 11 heteroatoms. The number of carbonyl (C=O) groups excluding carboxylic acids is 2. The number of hydrogen-bond donors (Lipinski definition) is 3. The Kier molecular flexibility index (Phi) is 6.54. The minimum Gasteiger partial charge on any atom is -0.493 e. The third-order valence-corrected chi connectivity index (χ3v) is 4.81. The highest BCUT2D eigenvalue weighted by molar-refractivity contribution is 8.18. The number of amidine groups is 1. The van der Waals surface area contributed by atoms with Gasteiger partial charge in [0.2, 0.25) is 0 Å². The predicted octanol–water partition coefficient (Wildman–Crippen LogP) is 3.87. The maximum atomic E-state index is 12.8. The first-order chi connectivity index (χ1) is 14.7. The average molecular weight is 451 g/mol. The largest absolute Gasteiger partial charge is 0.493 e. The van der Waals surface area contributed by atoms with Crippen LogP contribution < -0.4 is 20.1 Å². The number of thioether (sulfide) groups is 1. The Bertz CT molecular complexity index is 1070. The van der Waals surface area contributed by atoms with Gasteiger partial charge in [0.15, 0.2) is 23.3 Å². The molecule has 1 heterocycles. The normalized spacial score (nSPS) is 15.0. The molecular formula is C20H16F3N3O4S. The van der Waals surface area contributed by atoms with Gasteiger partial charge in [0.05, 0.1) is 17.6 Å². The van der Waals surface area contributed by atoms with Crippen molar-refractivity contribution in [2.45, 2.75) is 6.18 Å². The van der Waals surface area contributed by atoms with Crippen LogP contribution in [0.15, 0.2) is 47.4 Å². The van der Waals surface area contributed by atoms with Crippen LogP contribution in [0.5, 0.6) is 11.5 Å². The van der Waals surface area contributed by atoms with Gasteiger partial charge in [0, 0.05) is 5.69 Å². The quantitative estimate of drug-likeness (QED) is 0.579. The van der Waals surface area contributed by atoms with Gasteiger partial charge in [-0.05, 0) is 53.7 Å². The third kappa shape index (κ3) is 5.79. The second-order valence-electron chi connectivity index (χ2n) is 6.22. The molecule has 31 heavy (non-hydrogen) atoms. The van der Waals surface area contributed by atoms with E-state index in [1.54, 1.807) is 18.2 Å². The zero-order valence-corrected chi connectivity index (χ0v) is 16.8. The molecule has 3 rings (SSSR count). The van der Waals surface area contributed by atoms with Gasteiger partial charge in [-0.15, -0.1) is 0 Å². The van der Waals surface area contributed by atoms with E-state index >= 15 is 0 Å². The Morgan fingerprint density at radius 1 is 1.23 bits per heavy atom. The Labute approximate surface area is 179 Å². The van der Waals surface area contributed by atoms with Gasteiger partial charge in [0.25, 0.3) is 11.8 Å². The van der Waals surface area contributed by atoms with E-state index < -0.39 is 24.3 Å². The number of rotatable bonds is 6. The van der Waals surface area contributed by atoms with Crippen molar-refractivity contribution in [3.8, 4) is 11.5 Å². The van der Waals surface area contributed by atoms with E-state index in [-0.39, 0.29) is 22.5 Å². The van der Waals surface area contributed by atoms with Crippen molar-refractivity contribution in [2.75, 3.05) is 19.0 Å². The molecule has 7 nitrogen and oxygen atoms in total. The van der Waals surface area contributed by atoms with E-state index in [4.69, 9.17) is 14.9 Å². The molecule has 2 amide bonds. The van der Waals surface area contributed by atoms with Gasteiger partial charge < -0.3 is 20.1 Å². The van der Waals surface area contributed by atoms with Crippen molar-refractivity contribution in [3.63, 3.8) is 0 Å². The zero-order chi connectivity index (χ0) is 22.6. The van der Waals surface area contributed by atoms with Gasteiger partial charge in [0.1, 0.15) is 0 Å². The van der Waals surface area contributed by atoms with Gasteiger partial charge in [-0.1, -0.05) is 12.1 Å². The summed E-state index contributed by atoms with van der Waals surface area (Å²) in [4.78, 5) is 24.1. The minimum atomic E-state index is -4.51. The molecule has 0 aromatic heterocycles. The summed E-state index contributed by atoms with van der Waals surface area (Å²) in [6.07, 6.45) is -2.94. The summed E-state index contributed by atoms with van der Waals surface area (Å²) in [6, 6.07) is 9.02. The molecular weight excluding hydrogens is 435 g/mol. The number of hydrogen-bond acceptors (Lipinski definition) is 6. The smallest absolute Gasteiger partial charge is 0.416 e. The fourth-order valence-electron chi connectivity index (χ4n) is 2.60. The topological polar surface area (TPSA) is 101 Å². The lowest BCUT2D eigenvalue weighted by Gasteiger charge is -2.12. The van der Waals surface area contributed by atoms with Crippen molar-refractivity contribution in [2.24, 2.45) is 0 Å². The van der Waals surface area contributed by atoms with Crippen LogP contribution in [0.25, 0.3) is 6.08 Å². The number of nitrogens with one attached hydrogen (secondary N) is 3. The van der Waals surface area contributed by atoms with Crippen LogP contribution in [0.1, 0.15) is 11.1 Å². The summed E-state index contributed by atoms with van der Waals surface area (Å²) in [5, 5.41) is 12.2. The van der Waals surface area contributed by atoms with Crippen molar-refractivity contribution in [1.29, 1.82) is 5.41 Å². The Morgan fingerprint density at radius 2 is 2.00 bits per heavy atom. The van der Waals surface area contributed by atoms with Crippen molar-refractivity contribution in [1.82, 2.24) is 5.32 Å². The Morgan fingerprint density at radius 3 is 2.65 bits per heavy atom. The highest BCUT2D eigenvalue weighted by Crippen LogP contribution is 2.32. The second-order valence-corrected chi connectivity index (χ2v) is 7.27. The fourth-order valence-corrected chi connectivity index (χ4v) is 3.30. The van der Waals surface area contributed by atoms with Gasteiger partial charge in [-0.2, -0.15) is 13.2 Å². The van der Waals surface area contributed by atoms with Crippen LogP contribution >= 0.6 is 11.8 Å². The first-order valence-corrected chi connectivity index (χ1v) is 9.55. The number of anilines is 1. The van der Waals surface area contributed by atoms with Gasteiger partial charge in [-0.25, -0.2) is 0 Å². The summed E-state index contributed by atoms with van der Waals surface area (Å²) in [7, 11) is 1.40. The molecule has 1 fully saturated rings. The SMILES string of the molecule is COc1cc(/C=C2\SC(=N)NC2=O)ccc1OCC(=O)Nc1cccc(C(F)(F)F)c1. The second kappa shape index (κ2) is 9.13. The molecule has 1 aliphatic rings. The monoisotopic (exact) mass is 451 g/mol. The van der Waals surface area contributed by atoms with Crippen LogP contribution in [-0.2, 0) is 15.8 Å². The van der Waals surface area contributed by atoms with Crippen LogP contribution in [0.3, 0.4) is 0 Å². The predicted molar refractivity (Wildman–Crippen MR) is 110 cm³/mol. The summed E-state index contributed by atoms with van der Waals surface area (Å²) >= 11 is 0.992. The molecule has 2 aromatic carbocycles. The van der Waals surface area contributed by atoms with Crippen molar-refractivity contribution >= 4 is 40.5 Å². The molecule has 0 aliphatic carbocycles. The Balaban J connectivity index is 1.65. The molecule has 1 aliphatic heterocycles. The van der Waals surface area contributed by atoms with E-state index in [0.717, 1.165) is 23.9 Å². The minimum absolute atomic E-state index is 0.00438. The van der Waals surface area contributed by atoms with Crippen molar-refractivity contribution in [3.05, 3.63) is 58.5 Å². The highest BCUT2D eigenvalue weighted by atomic mass is 32.2. The number of amides is 2. The van der Waals surface area contributed by atoms with Crippen LogP contribution in [0.4, 0.5) is 18.9 Å². The lowest BCUT2D eigenvalue weighted by atomic mass is 10.2. The lowest BCUT2D eigenvalue weighted by Crippen LogP contribution is -2.20. The number of benzene rings is 2. The van der Waals surface area contributed by atoms with E-state index in [2.05, 4.69) is 10.6 Å². The average Bonchev–Trinajstić information content (AvgIpc) is 3.03. The number of alkyl halides is 3. The maximum Gasteiger partial charge on any atom is 0.416 e. The lowest BCUT2D eigenvalue weighted by molar-refractivity contribution is -0.137. The zero-order valence-electron chi connectivity index (χ0n) is 16.0. The number of carbonyl (C=O) groups is 2. The molecule has 3 N–H and O–H groups in total. The van der Waals surface area contributed by atoms with E-state index in [1.807, 2.05) is 0 Å². The van der Waals surface area contributed by atoms with E-state index in [0.29, 0.717) is 16.2 Å². The molecule has 0 saturated carbocycles. The molecule has 0 bridgehead atoms. The summed E-state index contributed by atoms with van der Waals surface area (Å²) < 4.78 is 49.0. The molecule has 1 saturated heterocycles. The van der Waals surface area contributed by atoms with E-state index in [9.17, 15) is 22.8 Å². The van der Waals surface area contributed by atoms with Crippen LogP contribution in [0.2, 0.25) is 0 Å². The van der Waals surface area contributed by atoms with Crippen LogP contribution in [-0.4, -0.2) is 30.7 Å². The molecule has 162 valence electrons. The molecule has 0 atom stereocenters. The summed E-state index contributed by atoms with van der Waals surface area (Å²) in [5.74, 6) is -0.495. The van der Waals surface area contributed by atoms with Gasteiger partial charge in [-0.3, -0.25) is 15.0 Å². The molecule has 0 unspecified atom stereocenters. The van der Waals surface area contributed by atoms with Crippen molar-refractivity contribution < 1.29 is 32.2 Å². The summed E-state index contributed by atoms with van der Waals surface area (Å²) in [6.45, 7) is -0.456. The van der Waals surface area contributed by atoms with Gasteiger partial charge >= 0.3 is 6.18 Å². The standard InChI is InChI=1S/C20H16F3N3O4S/c1-29-15-7-11(8-16-18(28)26-19(24)31-16)5-6-14(15)30-10-17(27)25-13-4-2-3-12(9-13)20(21,22)23/h2-9H,10H2,1H3,(H,25,27)(H2,24,26,28)/b16-8-. The first-order valence-electron chi connectivity index (χ1n) is 8.73. The first kappa shape index (κ1) is 22.2. The molecule has 0 radical (unpaired) electrons. The summed E-state index contributed by atoms with van der Waals surface area (Å²) in [5.41, 5.74) is -0.262. The molecule has 2 aromatic rings. The maximum absolute atomic E-state index is 12.8. The van der Waals surface area contributed by atoms with E-state index in [1.165, 1.54) is 25.3 Å². The number of ether oxygens (including phenoxy) is 2. The Hall–Kier alpha value is -3.47. The van der Waals surface area contributed by atoms with Crippen LogP contribution in [0, 0.1) is 5.41 Å². The highest BCUT2D eigenvalue weighted by Gasteiger charge is 2.30. The third-order valence-electron chi connectivity index (χ3n) is 3.98. The fraction of sp³-hybridized carbons (Fsp3) is 0.150. The molecule has 0 spiro atoms. The number of halogens is 3. The number of methoxy groups -OCH3 is 1.